The van der Waals surface area contributed by atoms with E-state index in [0.717, 1.165) is 326 Å². The van der Waals surface area contributed by atoms with E-state index in [2.05, 4.69) is 224 Å². The molecule has 0 aliphatic carbocycles. The van der Waals surface area contributed by atoms with Crippen LogP contribution in [0.2, 0.25) is 0 Å². The fraction of sp³-hybridized carbons (Fsp3) is 0.773. The number of aromatic nitrogens is 4. The lowest BCUT2D eigenvalue weighted by molar-refractivity contribution is 0.112. The van der Waals surface area contributed by atoms with Gasteiger partial charge in [-0.1, -0.05) is 0 Å². The molecule has 12 heterocycles. The van der Waals surface area contributed by atoms with E-state index in [1.54, 1.807) is 18.6 Å². The maximum absolute atomic E-state index is 9.13. The summed E-state index contributed by atoms with van der Waals surface area (Å²) in [5.41, 5.74) is 32.0. The van der Waals surface area contributed by atoms with Crippen molar-refractivity contribution < 1.29 is 10.2 Å². The second-order valence-corrected chi connectivity index (χ2v) is 35.8. The van der Waals surface area contributed by atoms with Gasteiger partial charge in [0.25, 0.3) is 0 Å². The van der Waals surface area contributed by atoms with E-state index in [1.807, 2.05) is 6.20 Å². The van der Waals surface area contributed by atoms with Crippen molar-refractivity contribution in [1.29, 1.82) is 0 Å². The van der Waals surface area contributed by atoms with Gasteiger partial charge in [-0.05, 0) is 186 Å². The number of nitrogens with one attached hydrogen (secondary N) is 4. The first-order chi connectivity index (χ1) is 59.2. The minimum Gasteiger partial charge on any atom is -0.397 e. The van der Waals surface area contributed by atoms with Gasteiger partial charge in [0.15, 0.2) is 23.3 Å². The van der Waals surface area contributed by atoms with Crippen LogP contribution in [0.4, 0.5) is 68.8 Å². The monoisotopic (exact) mass is 1710 g/mol. The molecule has 0 aromatic carbocycles. The first kappa shape index (κ1) is 99.3. The molecule has 4 aromatic heterocycles. The van der Waals surface area contributed by atoms with Crippen molar-refractivity contribution in [2.45, 2.75) is 38.5 Å². The Kier molecular flexibility index (Phi) is 44.9. The average molecular weight is 1710 g/mol. The molecule has 122 heavy (non-hydrogen) atoms. The number of nitrogens with zero attached hydrogens (tertiary/aromatic N) is 24. The van der Waals surface area contributed by atoms with Gasteiger partial charge in [0.1, 0.15) is 0 Å². The Bertz CT molecular complexity index is 3450. The minimum absolute atomic E-state index is 0.255. The fourth-order valence-corrected chi connectivity index (χ4v) is 17.3. The number of aliphatic hydroxyl groups is 2. The summed E-state index contributed by atoms with van der Waals surface area (Å²) in [6.07, 6.45) is 14.2. The predicted octanol–water partition coefficient (Wildman–Crippen LogP) is -0.179. The lowest BCUT2D eigenvalue weighted by Gasteiger charge is -2.39. The third-order valence-corrected chi connectivity index (χ3v) is 24.8. The summed E-state index contributed by atoms with van der Waals surface area (Å²) in [4.78, 5) is 66.9. The summed E-state index contributed by atoms with van der Waals surface area (Å²) in [6.45, 7) is 53.5. The molecule has 34 heteroatoms. The van der Waals surface area contributed by atoms with Crippen LogP contribution < -0.4 is 83.4 Å². The highest BCUT2D eigenvalue weighted by atomic mass is 16.3. The lowest BCUT2D eigenvalue weighted by atomic mass is 10.2. The molecule has 34 nitrogen and oxygen atoms in total. The van der Waals surface area contributed by atoms with Crippen LogP contribution in [0.5, 0.6) is 0 Å². The molecule has 0 bridgehead atoms. The molecule has 0 unspecified atom stereocenters. The molecule has 0 atom stereocenters. The van der Waals surface area contributed by atoms with Crippen molar-refractivity contribution >= 4 is 68.8 Å². The Morgan fingerprint density at radius 2 is 0.484 bits per heavy atom. The van der Waals surface area contributed by atoms with E-state index in [4.69, 9.17) is 43.1 Å². The van der Waals surface area contributed by atoms with Crippen molar-refractivity contribution in [1.82, 2.24) is 100 Å². The highest BCUT2D eigenvalue weighted by Gasteiger charge is 2.30. The number of fused-ring (bicyclic) bond motifs is 4. The van der Waals surface area contributed by atoms with Crippen LogP contribution in [0, 0.1) is 0 Å². The largest absolute Gasteiger partial charge is 0.397 e. The number of aliphatic hydroxyl groups excluding tert-OH is 2. The highest BCUT2D eigenvalue weighted by Crippen LogP contribution is 2.37. The molecule has 4 saturated heterocycles. The van der Waals surface area contributed by atoms with Crippen molar-refractivity contribution in [3.05, 3.63) is 49.1 Å². The Hall–Kier alpha value is -6.52. The second-order valence-electron chi connectivity index (χ2n) is 35.8. The van der Waals surface area contributed by atoms with Gasteiger partial charge in [-0.3, -0.25) is 9.80 Å². The molecule has 4 aromatic rings. The van der Waals surface area contributed by atoms with E-state index in [-0.39, 0.29) is 13.2 Å². The maximum Gasteiger partial charge on any atom is 0.152 e. The van der Waals surface area contributed by atoms with E-state index in [0.29, 0.717) is 0 Å². The van der Waals surface area contributed by atoms with Crippen molar-refractivity contribution in [2.75, 3.05) is 473 Å². The summed E-state index contributed by atoms with van der Waals surface area (Å²) in [7, 11) is 21.3. The Labute approximate surface area is 736 Å². The number of anilines is 12. The van der Waals surface area contributed by atoms with E-state index in [1.165, 1.54) is 108 Å². The van der Waals surface area contributed by atoms with Gasteiger partial charge >= 0.3 is 0 Å². The van der Waals surface area contributed by atoms with Gasteiger partial charge in [-0.25, -0.2) is 19.9 Å². The lowest BCUT2D eigenvalue weighted by Crippen LogP contribution is -2.48. The topological polar surface area (TPSA) is 309 Å². The maximum atomic E-state index is 9.13. The van der Waals surface area contributed by atoms with Crippen LogP contribution in [0.3, 0.4) is 0 Å². The number of nitrogen functional groups attached to an aromatic ring is 4. The second kappa shape index (κ2) is 55.2. The fourth-order valence-electron chi connectivity index (χ4n) is 17.3. The van der Waals surface area contributed by atoms with Crippen LogP contribution in [0.1, 0.15) is 38.5 Å². The first-order valence-electron chi connectivity index (χ1n) is 46.5. The molecular formula is C88H168N32O2. The van der Waals surface area contributed by atoms with Gasteiger partial charge in [-0.15, -0.1) is 0 Å². The third kappa shape index (κ3) is 35.4. The molecule has 0 radical (unpaired) electrons. The molecule has 4 fully saturated rings. The standard InChI is InChI=1S/C25H46N8O2.C23H42N8.C21H42N8.C19H38N8/c26-23-21-24-25(27-22-23)33(6-2-4-29-9-13-31(14-10-29)18-20-35)16-15-32(24)5-1-3-28-7-11-30(12-8-28)17-19-34;1-26-9-13-28(14-10-26)5-3-7-30-17-18-31(23-22(30)19-21(24)20-25-23)8-4-6-29-15-11-27(2)12-16-29;1-26(2)11-5-7-23-9-13-28-15-16-29(14-10-24-8-6-12-27(3)4)21-20(28)17-19(22)18-25-21;1-24(2)9-5-21-7-11-26-13-14-27(12-8-22-6-10-25(3)4)19-18(26)15-17(20)16-23-19/h21-22,34-35H,1-20,26H2;19-20H,3-18,24H2,1-2H3;17-18,23-24H,5-16,22H2,1-4H3;15-16,21-22H,5-14,20H2,1-4H3. The summed E-state index contributed by atoms with van der Waals surface area (Å²) >= 11 is 0. The van der Waals surface area contributed by atoms with Crippen molar-refractivity contribution in [3.63, 3.8) is 0 Å². The molecule has 14 N–H and O–H groups in total. The summed E-state index contributed by atoms with van der Waals surface area (Å²) in [5.74, 6) is 4.32. The quantitative estimate of drug-likeness (QED) is 0.0257. The van der Waals surface area contributed by atoms with Crippen LogP contribution >= 0.6 is 0 Å². The van der Waals surface area contributed by atoms with Crippen LogP contribution in [-0.4, -0.2) is 500 Å². The number of pyridine rings is 4. The molecule has 0 spiro atoms. The molecule has 0 saturated carbocycles. The zero-order valence-corrected chi connectivity index (χ0v) is 77.6. The van der Waals surface area contributed by atoms with E-state index in [9.17, 15) is 0 Å². The van der Waals surface area contributed by atoms with Gasteiger partial charge in [0, 0.05) is 275 Å². The number of hydrogen-bond donors (Lipinski definition) is 10. The third-order valence-electron chi connectivity index (χ3n) is 24.8. The first-order valence-corrected chi connectivity index (χ1v) is 46.5. The number of likely N-dealkylation sites (N-methyl/N-ethyl adjacent to an activating group) is 4. The predicted molar refractivity (Wildman–Crippen MR) is 514 cm³/mol. The molecule has 12 rings (SSSR count). The number of rotatable bonds is 46. The molecule has 692 valence electrons. The SMILES string of the molecule is CN(C)CCCNCCN1CCN(CCNCCCN(C)C)c2ncc(N)cc21.CN(C)CCNCCN1CCN(CCNCCN(C)C)c2ncc(N)cc21.CN1CCN(CCCN2CCN(CCCN3CCN(C)CC3)c3ncc(N)cc32)CC1.Nc1cnc2c(c1)N(CCCN1CCN(CCO)CC1)CCN2CCCN1CCN(CCO)CC1. The number of β-amino-alcohol motifs (C(OH)–C–C–N with tert-alkyl or cyclic N) is 2. The number of nitrogens with two attached hydrogens (primary N) is 4. The zero-order valence-electron chi connectivity index (χ0n) is 77.6. The summed E-state index contributed by atoms with van der Waals surface area (Å²) < 4.78 is 0. The minimum atomic E-state index is 0.255. The highest BCUT2D eigenvalue weighted by molar-refractivity contribution is 5.76. The van der Waals surface area contributed by atoms with Gasteiger partial charge in [0.05, 0.1) is 83.5 Å². The number of piperazine rings is 4. The normalized spacial score (nSPS) is 18.2. The van der Waals surface area contributed by atoms with Gasteiger partial charge in [-0.2, -0.15) is 0 Å². The van der Waals surface area contributed by atoms with Crippen LogP contribution in [0.15, 0.2) is 49.1 Å². The summed E-state index contributed by atoms with van der Waals surface area (Å²) in [6, 6.07) is 8.37. The van der Waals surface area contributed by atoms with Crippen LogP contribution in [0.25, 0.3) is 0 Å². The van der Waals surface area contributed by atoms with E-state index < -0.39 is 0 Å². The molecule has 0 amide bonds. The average Bonchev–Trinajstić information content (AvgIpc) is 0.781. The van der Waals surface area contributed by atoms with Crippen molar-refractivity contribution in [3.8, 4) is 0 Å². The van der Waals surface area contributed by atoms with Crippen LogP contribution in [-0.2, 0) is 0 Å². The Morgan fingerprint density at radius 3 is 0.754 bits per heavy atom. The summed E-state index contributed by atoms with van der Waals surface area (Å²) in [5, 5.41) is 32.4. The Balaban J connectivity index is 0.000000186. The Morgan fingerprint density at radius 1 is 0.262 bits per heavy atom. The molecule has 8 aliphatic heterocycles. The number of hydrogen-bond acceptors (Lipinski definition) is 34. The van der Waals surface area contributed by atoms with E-state index >= 15 is 0 Å². The van der Waals surface area contributed by atoms with Crippen molar-refractivity contribution in [2.24, 2.45) is 0 Å². The zero-order chi connectivity index (χ0) is 86.8. The van der Waals surface area contributed by atoms with Gasteiger partial charge in [0.2, 0.25) is 0 Å². The smallest absolute Gasteiger partial charge is 0.152 e. The van der Waals surface area contributed by atoms with Gasteiger partial charge < -0.3 is 143 Å². The molecular weight excluding hydrogens is 1540 g/mol. The molecule has 8 aliphatic rings.